The minimum atomic E-state index is -0.966. The number of rotatable bonds is 2. The van der Waals surface area contributed by atoms with E-state index in [0.717, 1.165) is 9.35 Å². The number of hydrogen-bond acceptors (Lipinski definition) is 3. The number of carboxylic acid groups (broad SMARTS) is 1. The Morgan fingerprint density at radius 1 is 1.60 bits per heavy atom. The van der Waals surface area contributed by atoms with Crippen molar-refractivity contribution in [2.24, 2.45) is 7.05 Å². The van der Waals surface area contributed by atoms with E-state index in [9.17, 15) is 4.79 Å². The molecule has 0 unspecified atom stereocenters. The van der Waals surface area contributed by atoms with Gasteiger partial charge in [-0.15, -0.1) is 11.3 Å². The predicted octanol–water partition coefficient (Wildman–Crippen LogP) is 2.61. The molecule has 15 heavy (non-hydrogen) atoms. The first kappa shape index (κ1) is 10.4. The van der Waals surface area contributed by atoms with Crippen molar-refractivity contribution in [3.63, 3.8) is 0 Å². The minimum absolute atomic E-state index is 0.189. The van der Waals surface area contributed by atoms with E-state index in [1.165, 1.54) is 16.0 Å². The normalized spacial score (nSPS) is 10.5. The van der Waals surface area contributed by atoms with Crippen LogP contribution in [0.15, 0.2) is 22.0 Å². The molecule has 0 aliphatic carbocycles. The highest BCUT2D eigenvalue weighted by Gasteiger charge is 2.13. The van der Waals surface area contributed by atoms with Gasteiger partial charge in [0.1, 0.15) is 11.4 Å². The van der Waals surface area contributed by atoms with Crippen LogP contribution in [-0.2, 0) is 7.05 Å². The third kappa shape index (κ3) is 1.95. The fraction of sp³-hybridized carbons (Fsp3) is 0.111. The molecule has 0 aliphatic rings. The first-order chi connectivity index (χ1) is 7.08. The summed E-state index contributed by atoms with van der Waals surface area (Å²) >= 11 is 4.86. The Morgan fingerprint density at radius 3 is 2.80 bits per heavy atom. The first-order valence-corrected chi connectivity index (χ1v) is 5.77. The average Bonchev–Trinajstić information content (AvgIpc) is 2.71. The second kappa shape index (κ2) is 3.79. The van der Waals surface area contributed by atoms with Gasteiger partial charge >= 0.3 is 5.97 Å². The molecule has 0 amide bonds. The highest BCUT2D eigenvalue weighted by Crippen LogP contribution is 2.29. The van der Waals surface area contributed by atoms with Crippen LogP contribution in [0.5, 0.6) is 0 Å². The Bertz CT molecular complexity index is 518. The molecule has 0 spiro atoms. The van der Waals surface area contributed by atoms with Crippen LogP contribution in [0, 0.1) is 0 Å². The maximum Gasteiger partial charge on any atom is 0.354 e. The van der Waals surface area contributed by atoms with Gasteiger partial charge in [0.2, 0.25) is 0 Å². The van der Waals surface area contributed by atoms with E-state index in [1.807, 2.05) is 11.4 Å². The molecule has 0 aliphatic heterocycles. The van der Waals surface area contributed by atoms with Crippen molar-refractivity contribution in [1.82, 2.24) is 9.78 Å². The number of halogens is 1. The van der Waals surface area contributed by atoms with Gasteiger partial charge in [0.15, 0.2) is 0 Å². The van der Waals surface area contributed by atoms with Gasteiger partial charge < -0.3 is 5.11 Å². The average molecular weight is 287 g/mol. The second-order valence-corrected chi connectivity index (χ2v) is 4.80. The highest BCUT2D eigenvalue weighted by atomic mass is 79.9. The monoisotopic (exact) mass is 286 g/mol. The number of carbonyl (C=O) groups is 1. The quantitative estimate of drug-likeness (QED) is 0.923. The van der Waals surface area contributed by atoms with Crippen LogP contribution in [-0.4, -0.2) is 20.9 Å². The van der Waals surface area contributed by atoms with Crippen LogP contribution in [0.2, 0.25) is 0 Å². The Labute approximate surface area is 98.3 Å². The molecule has 0 fully saturated rings. The number of aromatic carboxylic acids is 1. The molecule has 6 heteroatoms. The van der Waals surface area contributed by atoms with E-state index in [-0.39, 0.29) is 5.69 Å². The predicted molar refractivity (Wildman–Crippen MR) is 61.2 cm³/mol. The third-order valence-corrected chi connectivity index (χ3v) is 3.63. The summed E-state index contributed by atoms with van der Waals surface area (Å²) in [6.07, 6.45) is 0. The van der Waals surface area contributed by atoms with Crippen LogP contribution in [0.4, 0.5) is 0 Å². The summed E-state index contributed by atoms with van der Waals surface area (Å²) in [6, 6.07) is 3.49. The smallest absolute Gasteiger partial charge is 0.354 e. The summed E-state index contributed by atoms with van der Waals surface area (Å²) in [6.45, 7) is 0. The maximum absolute atomic E-state index is 10.8. The molecule has 0 saturated carbocycles. The maximum atomic E-state index is 10.8. The molecule has 2 aromatic rings. The van der Waals surface area contributed by atoms with Gasteiger partial charge in [-0.3, -0.25) is 4.68 Å². The standard InChI is InChI=1S/C9H7BrN2O2S/c1-12-7(9(13)14)3-6(11-12)8-2-5(10)4-15-8/h2-4H,1H3,(H,13,14). The fourth-order valence-corrected chi connectivity index (χ4v) is 2.62. The van der Waals surface area contributed by atoms with E-state index in [0.29, 0.717) is 5.69 Å². The third-order valence-electron chi connectivity index (χ3n) is 1.92. The minimum Gasteiger partial charge on any atom is -0.477 e. The Kier molecular flexibility index (Phi) is 2.62. The summed E-state index contributed by atoms with van der Waals surface area (Å²) in [7, 11) is 1.62. The number of aryl methyl sites for hydroxylation is 1. The van der Waals surface area contributed by atoms with Crippen LogP contribution in [0.3, 0.4) is 0 Å². The number of carboxylic acids is 1. The number of thiophene rings is 1. The summed E-state index contributed by atoms with van der Waals surface area (Å²) in [5.74, 6) is -0.966. The van der Waals surface area contributed by atoms with Crippen molar-refractivity contribution < 1.29 is 9.90 Å². The zero-order valence-electron chi connectivity index (χ0n) is 7.77. The number of aromatic nitrogens is 2. The summed E-state index contributed by atoms with van der Waals surface area (Å²) in [4.78, 5) is 11.8. The molecule has 2 rings (SSSR count). The SMILES string of the molecule is Cn1nc(-c2cc(Br)cs2)cc1C(=O)O. The summed E-state index contributed by atoms with van der Waals surface area (Å²) in [5.41, 5.74) is 0.875. The van der Waals surface area contributed by atoms with Crippen molar-refractivity contribution in [2.45, 2.75) is 0 Å². The van der Waals surface area contributed by atoms with Crippen LogP contribution < -0.4 is 0 Å². The van der Waals surface area contributed by atoms with E-state index in [4.69, 9.17) is 5.11 Å². The topological polar surface area (TPSA) is 55.1 Å². The molecule has 2 aromatic heterocycles. The lowest BCUT2D eigenvalue weighted by atomic mass is 10.3. The second-order valence-electron chi connectivity index (χ2n) is 2.97. The van der Waals surface area contributed by atoms with Gasteiger partial charge in [-0.1, -0.05) is 0 Å². The number of hydrogen-bond donors (Lipinski definition) is 1. The van der Waals surface area contributed by atoms with Gasteiger partial charge in [-0.25, -0.2) is 4.79 Å². The molecule has 0 bridgehead atoms. The molecule has 0 saturated heterocycles. The van der Waals surface area contributed by atoms with E-state index in [2.05, 4.69) is 21.0 Å². The van der Waals surface area contributed by atoms with E-state index >= 15 is 0 Å². The molecule has 1 N–H and O–H groups in total. The van der Waals surface area contributed by atoms with Crippen molar-refractivity contribution >= 4 is 33.2 Å². The van der Waals surface area contributed by atoms with E-state index < -0.39 is 5.97 Å². The lowest BCUT2D eigenvalue weighted by molar-refractivity contribution is 0.0685. The van der Waals surface area contributed by atoms with Gasteiger partial charge in [-0.05, 0) is 28.1 Å². The Balaban J connectivity index is 2.46. The fourth-order valence-electron chi connectivity index (χ4n) is 1.24. The van der Waals surface area contributed by atoms with Crippen molar-refractivity contribution in [1.29, 1.82) is 0 Å². The van der Waals surface area contributed by atoms with Gasteiger partial charge in [0.25, 0.3) is 0 Å². The summed E-state index contributed by atoms with van der Waals surface area (Å²) < 4.78 is 2.34. The van der Waals surface area contributed by atoms with Gasteiger partial charge in [-0.2, -0.15) is 5.10 Å². The molecule has 0 atom stereocenters. The molecule has 78 valence electrons. The van der Waals surface area contributed by atoms with Crippen LogP contribution in [0.25, 0.3) is 10.6 Å². The largest absolute Gasteiger partial charge is 0.477 e. The zero-order chi connectivity index (χ0) is 11.0. The Hall–Kier alpha value is -1.14. The van der Waals surface area contributed by atoms with Crippen LogP contribution in [0.1, 0.15) is 10.5 Å². The molecular weight excluding hydrogens is 280 g/mol. The lowest BCUT2D eigenvalue weighted by Crippen LogP contribution is -2.04. The van der Waals surface area contributed by atoms with Gasteiger partial charge in [0.05, 0.1) is 4.88 Å². The summed E-state index contributed by atoms with van der Waals surface area (Å²) in [5, 5.41) is 14.9. The molecule has 4 nitrogen and oxygen atoms in total. The van der Waals surface area contributed by atoms with Crippen molar-refractivity contribution in [2.75, 3.05) is 0 Å². The molecule has 0 aromatic carbocycles. The van der Waals surface area contributed by atoms with Crippen molar-refractivity contribution in [3.05, 3.63) is 27.7 Å². The first-order valence-electron chi connectivity index (χ1n) is 4.09. The van der Waals surface area contributed by atoms with Crippen molar-refractivity contribution in [3.8, 4) is 10.6 Å². The van der Waals surface area contributed by atoms with E-state index in [1.54, 1.807) is 13.1 Å². The molecule has 0 radical (unpaired) electrons. The lowest BCUT2D eigenvalue weighted by Gasteiger charge is -1.91. The van der Waals surface area contributed by atoms with Gasteiger partial charge in [0, 0.05) is 16.9 Å². The highest BCUT2D eigenvalue weighted by molar-refractivity contribution is 9.10. The number of nitrogens with zero attached hydrogens (tertiary/aromatic N) is 2. The Morgan fingerprint density at radius 2 is 2.33 bits per heavy atom. The molecule has 2 heterocycles. The zero-order valence-corrected chi connectivity index (χ0v) is 10.2. The van der Waals surface area contributed by atoms with Crippen LogP contribution >= 0.6 is 27.3 Å². The molecular formula is C9H7BrN2O2S.